The first-order chi connectivity index (χ1) is 7.60. The Kier molecular flexibility index (Phi) is 5.72. The molecule has 0 aromatic carbocycles. The number of hydrogen-bond acceptors (Lipinski definition) is 3. The molecule has 5 heteroatoms. The lowest BCUT2D eigenvalue weighted by atomic mass is 9.96. The Labute approximate surface area is 99.2 Å². The molecule has 0 amide bonds. The molecule has 0 spiro atoms. The molecule has 2 N–H and O–H groups in total. The van der Waals surface area contributed by atoms with Gasteiger partial charge in [-0.1, -0.05) is 19.8 Å². The van der Waals surface area contributed by atoms with Gasteiger partial charge in [0.2, 0.25) is 10.0 Å². The molecule has 1 saturated heterocycles. The third-order valence-corrected chi connectivity index (χ3v) is 5.18. The molecule has 16 heavy (non-hydrogen) atoms. The van der Waals surface area contributed by atoms with Crippen molar-refractivity contribution in [2.24, 2.45) is 11.7 Å². The van der Waals surface area contributed by atoms with Crippen LogP contribution in [0.1, 0.15) is 39.0 Å². The zero-order valence-corrected chi connectivity index (χ0v) is 11.0. The van der Waals surface area contributed by atoms with E-state index in [9.17, 15) is 8.42 Å². The Hall–Kier alpha value is -0.130. The Morgan fingerprint density at radius 2 is 2.06 bits per heavy atom. The summed E-state index contributed by atoms with van der Waals surface area (Å²) >= 11 is 0. The lowest BCUT2D eigenvalue weighted by molar-refractivity contribution is 0.400. The summed E-state index contributed by atoms with van der Waals surface area (Å²) in [5.41, 5.74) is 5.33. The van der Waals surface area contributed by atoms with E-state index in [2.05, 4.69) is 6.92 Å². The van der Waals surface area contributed by atoms with E-state index in [4.69, 9.17) is 5.73 Å². The van der Waals surface area contributed by atoms with Gasteiger partial charge in [0, 0.05) is 19.6 Å². The van der Waals surface area contributed by atoms with E-state index in [1.807, 2.05) is 0 Å². The predicted octanol–water partition coefficient (Wildman–Crippen LogP) is 1.18. The lowest BCUT2D eigenvalue weighted by Crippen LogP contribution is -2.36. The number of rotatable bonds is 5. The third-order valence-electron chi connectivity index (χ3n) is 3.27. The highest BCUT2D eigenvalue weighted by molar-refractivity contribution is 7.89. The maximum Gasteiger partial charge on any atom is 0.215 e. The fourth-order valence-corrected chi connectivity index (χ4v) is 3.74. The van der Waals surface area contributed by atoms with Crippen molar-refractivity contribution in [1.82, 2.24) is 4.31 Å². The maximum absolute atomic E-state index is 11.8. The average molecular weight is 248 g/mol. The van der Waals surface area contributed by atoms with E-state index in [1.54, 1.807) is 4.31 Å². The van der Waals surface area contributed by atoms with Crippen LogP contribution in [0.25, 0.3) is 0 Å². The van der Waals surface area contributed by atoms with Gasteiger partial charge in [0.1, 0.15) is 0 Å². The van der Waals surface area contributed by atoms with Crippen LogP contribution in [0.4, 0.5) is 0 Å². The van der Waals surface area contributed by atoms with Crippen LogP contribution in [0.15, 0.2) is 0 Å². The van der Waals surface area contributed by atoms with E-state index in [1.165, 1.54) is 19.3 Å². The molecule has 96 valence electrons. The van der Waals surface area contributed by atoms with Gasteiger partial charge in [-0.2, -0.15) is 0 Å². The summed E-state index contributed by atoms with van der Waals surface area (Å²) in [5, 5.41) is 0. The Bertz CT molecular complexity index is 290. The quantitative estimate of drug-likeness (QED) is 0.794. The number of nitrogens with zero attached hydrogens (tertiary/aromatic N) is 1. The second kappa shape index (κ2) is 6.57. The summed E-state index contributed by atoms with van der Waals surface area (Å²) in [6.07, 6.45) is 5.60. The molecule has 0 bridgehead atoms. The zero-order valence-electron chi connectivity index (χ0n) is 10.2. The molecular formula is C11H24N2O2S. The van der Waals surface area contributed by atoms with E-state index >= 15 is 0 Å². The highest BCUT2D eigenvalue weighted by Gasteiger charge is 2.24. The normalized spacial score (nSPS) is 24.2. The fourth-order valence-electron chi connectivity index (χ4n) is 2.39. The molecule has 1 aliphatic heterocycles. The average Bonchev–Trinajstić information content (AvgIpc) is 2.44. The molecule has 0 aromatic heterocycles. The standard InChI is InChI=1S/C11H24N2O2S/c1-2-4-11-5-3-8-13(9-6-11)16(14,15)10-7-12/h11H,2-10,12H2,1H3. The number of nitrogens with two attached hydrogens (primary N) is 1. The molecule has 1 fully saturated rings. The highest BCUT2D eigenvalue weighted by Crippen LogP contribution is 2.23. The van der Waals surface area contributed by atoms with Crippen molar-refractivity contribution in [2.75, 3.05) is 25.4 Å². The third kappa shape index (κ3) is 4.03. The molecule has 1 atom stereocenters. The minimum Gasteiger partial charge on any atom is -0.329 e. The van der Waals surface area contributed by atoms with Gasteiger partial charge in [-0.15, -0.1) is 0 Å². The van der Waals surface area contributed by atoms with Crippen molar-refractivity contribution < 1.29 is 8.42 Å². The van der Waals surface area contributed by atoms with Gasteiger partial charge in [-0.3, -0.25) is 0 Å². The molecule has 1 rings (SSSR count). The molecule has 0 aliphatic carbocycles. The highest BCUT2D eigenvalue weighted by atomic mass is 32.2. The molecular weight excluding hydrogens is 224 g/mol. The van der Waals surface area contributed by atoms with Crippen molar-refractivity contribution in [1.29, 1.82) is 0 Å². The first-order valence-corrected chi connectivity index (χ1v) is 7.89. The number of hydrogen-bond donors (Lipinski definition) is 1. The van der Waals surface area contributed by atoms with Crippen LogP contribution >= 0.6 is 0 Å². The molecule has 4 nitrogen and oxygen atoms in total. The molecule has 0 radical (unpaired) electrons. The second-order valence-corrected chi connectivity index (χ2v) is 6.68. The van der Waals surface area contributed by atoms with E-state index in [-0.39, 0.29) is 12.3 Å². The summed E-state index contributed by atoms with van der Waals surface area (Å²) < 4.78 is 25.3. The van der Waals surface area contributed by atoms with Gasteiger partial charge in [0.25, 0.3) is 0 Å². The van der Waals surface area contributed by atoms with Gasteiger partial charge in [0.15, 0.2) is 0 Å². The Morgan fingerprint density at radius 3 is 2.69 bits per heavy atom. The van der Waals surface area contributed by atoms with E-state index in [0.29, 0.717) is 19.0 Å². The largest absolute Gasteiger partial charge is 0.329 e. The lowest BCUT2D eigenvalue weighted by Gasteiger charge is -2.19. The summed E-state index contributed by atoms with van der Waals surface area (Å²) in [7, 11) is -3.09. The summed E-state index contributed by atoms with van der Waals surface area (Å²) in [6.45, 7) is 3.78. The van der Waals surface area contributed by atoms with Crippen LogP contribution in [-0.2, 0) is 10.0 Å². The minimum atomic E-state index is -3.09. The Morgan fingerprint density at radius 1 is 1.31 bits per heavy atom. The van der Waals surface area contributed by atoms with Crippen molar-refractivity contribution >= 4 is 10.0 Å². The van der Waals surface area contributed by atoms with Gasteiger partial charge < -0.3 is 5.73 Å². The van der Waals surface area contributed by atoms with Crippen LogP contribution in [-0.4, -0.2) is 38.1 Å². The van der Waals surface area contributed by atoms with Crippen LogP contribution < -0.4 is 5.73 Å². The molecule has 0 saturated carbocycles. The van der Waals surface area contributed by atoms with Crippen molar-refractivity contribution in [3.8, 4) is 0 Å². The topological polar surface area (TPSA) is 63.4 Å². The van der Waals surface area contributed by atoms with Crippen molar-refractivity contribution in [3.63, 3.8) is 0 Å². The van der Waals surface area contributed by atoms with Gasteiger partial charge in [-0.25, -0.2) is 12.7 Å². The fraction of sp³-hybridized carbons (Fsp3) is 1.00. The summed E-state index contributed by atoms with van der Waals surface area (Å²) in [4.78, 5) is 0. The number of sulfonamides is 1. The molecule has 1 heterocycles. The second-order valence-electron chi connectivity index (χ2n) is 4.59. The smallest absolute Gasteiger partial charge is 0.215 e. The predicted molar refractivity (Wildman–Crippen MR) is 66.7 cm³/mol. The molecule has 1 unspecified atom stereocenters. The van der Waals surface area contributed by atoms with E-state index in [0.717, 1.165) is 12.8 Å². The monoisotopic (exact) mass is 248 g/mol. The van der Waals surface area contributed by atoms with Crippen LogP contribution in [0.3, 0.4) is 0 Å². The minimum absolute atomic E-state index is 0.0887. The van der Waals surface area contributed by atoms with Crippen molar-refractivity contribution in [3.05, 3.63) is 0 Å². The van der Waals surface area contributed by atoms with Crippen LogP contribution in [0.5, 0.6) is 0 Å². The van der Waals surface area contributed by atoms with Crippen molar-refractivity contribution in [2.45, 2.75) is 39.0 Å². The first kappa shape index (κ1) is 13.9. The first-order valence-electron chi connectivity index (χ1n) is 6.28. The van der Waals surface area contributed by atoms with Gasteiger partial charge >= 0.3 is 0 Å². The molecule has 1 aliphatic rings. The summed E-state index contributed by atoms with van der Waals surface area (Å²) in [6, 6.07) is 0. The van der Waals surface area contributed by atoms with E-state index < -0.39 is 10.0 Å². The van der Waals surface area contributed by atoms with Gasteiger partial charge in [-0.05, 0) is 25.2 Å². The SMILES string of the molecule is CCCC1CCCN(S(=O)(=O)CCN)CC1. The maximum atomic E-state index is 11.8. The van der Waals surface area contributed by atoms with Gasteiger partial charge in [0.05, 0.1) is 5.75 Å². The zero-order chi connectivity index (χ0) is 12.0. The van der Waals surface area contributed by atoms with Crippen LogP contribution in [0.2, 0.25) is 0 Å². The molecule has 0 aromatic rings. The summed E-state index contributed by atoms with van der Waals surface area (Å²) in [5.74, 6) is 0.800. The Balaban J connectivity index is 2.53. The van der Waals surface area contributed by atoms with Crippen LogP contribution in [0, 0.1) is 5.92 Å².